The molecule has 0 radical (unpaired) electrons. The number of carbonyl (C=O) groups excluding carboxylic acids is 1. The quantitative estimate of drug-likeness (QED) is 0.832. The van der Waals surface area contributed by atoms with Gasteiger partial charge >= 0.3 is 0 Å². The fourth-order valence-electron chi connectivity index (χ4n) is 2.77. The van der Waals surface area contributed by atoms with Crippen LogP contribution in [0.5, 0.6) is 0 Å². The van der Waals surface area contributed by atoms with E-state index in [0.717, 1.165) is 12.8 Å². The number of aromatic nitrogens is 1. The third kappa shape index (κ3) is 3.35. The van der Waals surface area contributed by atoms with E-state index in [1.807, 2.05) is 18.6 Å². The molecular formula is C16H19N3O3S2. The second-order valence-corrected chi connectivity index (χ2v) is 8.45. The highest BCUT2D eigenvalue weighted by Crippen LogP contribution is 2.26. The fourth-order valence-corrected chi connectivity index (χ4v) is 5.18. The van der Waals surface area contributed by atoms with Crippen molar-refractivity contribution >= 4 is 27.3 Å². The number of hydrogen-bond donors (Lipinski definition) is 0. The topological polar surface area (TPSA) is 71.7 Å². The van der Waals surface area contributed by atoms with Crippen molar-refractivity contribution in [1.82, 2.24) is 8.87 Å². The van der Waals surface area contributed by atoms with Crippen LogP contribution in [0, 0.1) is 0 Å². The van der Waals surface area contributed by atoms with Gasteiger partial charge in [0.05, 0.1) is 4.90 Å². The first-order chi connectivity index (χ1) is 11.5. The summed E-state index contributed by atoms with van der Waals surface area (Å²) in [5.41, 5.74) is 0. The third-order valence-corrected chi connectivity index (χ3v) is 6.82. The Kier molecular flexibility index (Phi) is 4.98. The molecule has 3 rings (SSSR count). The van der Waals surface area contributed by atoms with Gasteiger partial charge in [-0.15, -0.1) is 11.3 Å². The van der Waals surface area contributed by atoms with Crippen molar-refractivity contribution in [2.75, 3.05) is 6.54 Å². The van der Waals surface area contributed by atoms with E-state index in [-0.39, 0.29) is 4.90 Å². The zero-order valence-corrected chi connectivity index (χ0v) is 15.0. The Bertz CT molecular complexity index is 885. The van der Waals surface area contributed by atoms with Crippen LogP contribution in [0.1, 0.15) is 19.3 Å². The summed E-state index contributed by atoms with van der Waals surface area (Å²) >= 11 is 1.35. The molecule has 1 saturated heterocycles. The highest BCUT2D eigenvalue weighted by atomic mass is 32.2. The van der Waals surface area contributed by atoms with E-state index in [2.05, 4.69) is 4.99 Å². The van der Waals surface area contributed by atoms with Crippen LogP contribution in [-0.2, 0) is 21.9 Å². The minimum atomic E-state index is -3.70. The minimum absolute atomic E-state index is 0.214. The van der Waals surface area contributed by atoms with Crippen molar-refractivity contribution in [3.63, 3.8) is 0 Å². The number of carbonyl (C=O) groups is 1. The molecule has 1 fully saturated rings. The van der Waals surface area contributed by atoms with Gasteiger partial charge in [-0.1, -0.05) is 24.6 Å². The lowest BCUT2D eigenvalue weighted by Gasteiger charge is -2.32. The molecule has 1 aromatic heterocycles. The van der Waals surface area contributed by atoms with Gasteiger partial charge in [0, 0.05) is 25.2 Å². The van der Waals surface area contributed by atoms with E-state index in [4.69, 9.17) is 0 Å². The van der Waals surface area contributed by atoms with Gasteiger partial charge in [-0.05, 0) is 25.0 Å². The third-order valence-electron chi connectivity index (χ3n) is 4.05. The lowest BCUT2D eigenvalue weighted by atomic mass is 10.0. The van der Waals surface area contributed by atoms with Crippen LogP contribution >= 0.6 is 11.3 Å². The number of benzene rings is 1. The summed E-state index contributed by atoms with van der Waals surface area (Å²) in [5, 5.41) is 1.84. The fraction of sp³-hybridized carbons (Fsp3) is 0.375. The van der Waals surface area contributed by atoms with Crippen LogP contribution in [0.3, 0.4) is 0 Å². The van der Waals surface area contributed by atoms with E-state index in [9.17, 15) is 13.2 Å². The summed E-state index contributed by atoms with van der Waals surface area (Å²) in [5.74, 6) is -0.396. The lowest BCUT2D eigenvalue weighted by Crippen LogP contribution is -2.47. The van der Waals surface area contributed by atoms with Crippen molar-refractivity contribution in [2.45, 2.75) is 30.2 Å². The Labute approximate surface area is 145 Å². The molecule has 2 aromatic rings. The van der Waals surface area contributed by atoms with Crippen molar-refractivity contribution in [1.29, 1.82) is 0 Å². The van der Waals surface area contributed by atoms with Gasteiger partial charge in [-0.2, -0.15) is 9.30 Å². The largest absolute Gasteiger partial charge is 0.327 e. The summed E-state index contributed by atoms with van der Waals surface area (Å²) in [6, 6.07) is 7.52. The second kappa shape index (κ2) is 7.00. The van der Waals surface area contributed by atoms with Crippen LogP contribution in [-0.4, -0.2) is 35.8 Å². The summed E-state index contributed by atoms with van der Waals surface area (Å²) in [7, 11) is -1.89. The Morgan fingerprint density at radius 2 is 2.00 bits per heavy atom. The van der Waals surface area contributed by atoms with E-state index in [0.29, 0.717) is 17.8 Å². The highest BCUT2D eigenvalue weighted by Gasteiger charge is 2.37. The van der Waals surface area contributed by atoms with Gasteiger partial charge in [0.25, 0.3) is 5.91 Å². The molecule has 1 aromatic carbocycles. The van der Waals surface area contributed by atoms with Gasteiger partial charge in [0.15, 0.2) is 4.80 Å². The highest BCUT2D eigenvalue weighted by molar-refractivity contribution is 7.89. The normalized spacial score (nSPS) is 20.2. The number of aryl methyl sites for hydroxylation is 1. The van der Waals surface area contributed by atoms with Gasteiger partial charge < -0.3 is 4.57 Å². The van der Waals surface area contributed by atoms with Gasteiger partial charge in [-0.3, -0.25) is 4.79 Å². The van der Waals surface area contributed by atoms with Crippen LogP contribution in [0.25, 0.3) is 0 Å². The summed E-state index contributed by atoms with van der Waals surface area (Å²) in [6.07, 6.45) is 3.89. The molecule has 1 atom stereocenters. The average molecular weight is 365 g/mol. The molecule has 1 unspecified atom stereocenters. The number of thiazole rings is 1. The van der Waals surface area contributed by atoms with Gasteiger partial charge in [-0.25, -0.2) is 8.42 Å². The first-order valence-electron chi connectivity index (χ1n) is 7.76. The molecule has 1 aliphatic heterocycles. The predicted octanol–water partition coefficient (Wildman–Crippen LogP) is 1.76. The molecule has 0 spiro atoms. The molecule has 1 aliphatic rings. The molecule has 2 heterocycles. The maximum atomic E-state index is 12.9. The molecule has 1 amide bonds. The zero-order valence-electron chi connectivity index (χ0n) is 13.3. The number of rotatable bonds is 3. The minimum Gasteiger partial charge on any atom is -0.327 e. The average Bonchev–Trinajstić information content (AvgIpc) is 3.00. The molecular weight excluding hydrogens is 346 g/mol. The van der Waals surface area contributed by atoms with Crippen molar-refractivity contribution in [3.8, 4) is 0 Å². The Balaban J connectivity index is 1.95. The molecule has 128 valence electrons. The van der Waals surface area contributed by atoms with E-state index >= 15 is 0 Å². The SMILES string of the molecule is Cn1ccsc1=NC(=O)C1CCCCN1S(=O)(=O)c1ccccc1. The monoisotopic (exact) mass is 365 g/mol. The zero-order chi connectivity index (χ0) is 17.2. The summed E-state index contributed by atoms with van der Waals surface area (Å²) in [6.45, 7) is 0.347. The van der Waals surface area contributed by atoms with Crippen LogP contribution < -0.4 is 4.80 Å². The summed E-state index contributed by atoms with van der Waals surface area (Å²) < 4.78 is 28.9. The lowest BCUT2D eigenvalue weighted by molar-refractivity contribution is -0.122. The molecule has 0 bridgehead atoms. The first-order valence-corrected chi connectivity index (χ1v) is 10.1. The Morgan fingerprint density at radius 1 is 1.25 bits per heavy atom. The molecule has 24 heavy (non-hydrogen) atoms. The number of hydrogen-bond acceptors (Lipinski definition) is 4. The van der Waals surface area contributed by atoms with Gasteiger partial charge in [0.2, 0.25) is 10.0 Å². The summed E-state index contributed by atoms with van der Waals surface area (Å²) in [4.78, 5) is 17.5. The number of amides is 1. The first kappa shape index (κ1) is 17.1. The van der Waals surface area contributed by atoms with Gasteiger partial charge in [0.1, 0.15) is 6.04 Å². The molecule has 6 nitrogen and oxygen atoms in total. The smallest absolute Gasteiger partial charge is 0.266 e. The maximum absolute atomic E-state index is 12.9. The van der Waals surface area contributed by atoms with Crippen molar-refractivity contribution in [2.24, 2.45) is 12.0 Å². The Morgan fingerprint density at radius 3 is 2.67 bits per heavy atom. The van der Waals surface area contributed by atoms with E-state index in [1.54, 1.807) is 34.9 Å². The number of nitrogens with zero attached hydrogens (tertiary/aromatic N) is 3. The molecule has 8 heteroatoms. The van der Waals surface area contributed by atoms with E-state index in [1.165, 1.54) is 15.6 Å². The predicted molar refractivity (Wildman–Crippen MR) is 91.8 cm³/mol. The van der Waals surface area contributed by atoms with E-state index < -0.39 is 22.0 Å². The second-order valence-electron chi connectivity index (χ2n) is 5.69. The Hall–Kier alpha value is -1.77. The number of sulfonamides is 1. The van der Waals surface area contributed by atoms with Crippen LogP contribution in [0.4, 0.5) is 0 Å². The maximum Gasteiger partial charge on any atom is 0.266 e. The number of piperidine rings is 1. The molecule has 0 N–H and O–H groups in total. The molecule has 0 saturated carbocycles. The standard InChI is InChI=1S/C16H19N3O3S2/c1-18-11-12-23-16(18)17-15(20)14-9-5-6-10-19(14)24(21,22)13-7-3-2-4-8-13/h2-4,7-8,11-12,14H,5-6,9-10H2,1H3. The van der Waals surface area contributed by atoms with Crippen molar-refractivity contribution < 1.29 is 13.2 Å². The van der Waals surface area contributed by atoms with Crippen LogP contribution in [0.15, 0.2) is 51.8 Å². The van der Waals surface area contributed by atoms with Crippen LogP contribution in [0.2, 0.25) is 0 Å². The molecule has 0 aliphatic carbocycles. The van der Waals surface area contributed by atoms with Crippen molar-refractivity contribution in [3.05, 3.63) is 46.7 Å².